The molecule has 1 fully saturated rings. The van der Waals surface area contributed by atoms with Crippen LogP contribution >= 0.6 is 0 Å². The maximum atomic E-state index is 13.2. The summed E-state index contributed by atoms with van der Waals surface area (Å²) in [6, 6.07) is 12.3. The minimum atomic E-state index is -0.371. The molecule has 0 unspecified atom stereocenters. The van der Waals surface area contributed by atoms with E-state index in [-0.39, 0.29) is 24.1 Å². The maximum Gasteiger partial charge on any atom is 0.219 e. The number of halogens is 2. The van der Waals surface area contributed by atoms with Crippen LogP contribution in [0.1, 0.15) is 5.56 Å². The Kier molecular flexibility index (Phi) is 5.97. The minimum Gasteiger partial charge on any atom is -0.368 e. The first-order valence-electron chi connectivity index (χ1n) is 8.59. The van der Waals surface area contributed by atoms with Crippen molar-refractivity contribution in [3.63, 3.8) is 0 Å². The molecule has 6 nitrogen and oxygen atoms in total. The summed E-state index contributed by atoms with van der Waals surface area (Å²) in [6.45, 7) is 2.66. The zero-order valence-corrected chi connectivity index (χ0v) is 14.7. The Balaban J connectivity index is 1.48. The van der Waals surface area contributed by atoms with E-state index in [2.05, 4.69) is 9.89 Å². The van der Waals surface area contributed by atoms with Crippen molar-refractivity contribution in [1.29, 1.82) is 5.41 Å². The molecular formula is C19H21F2N5O. The molecule has 142 valence electrons. The van der Waals surface area contributed by atoms with Gasteiger partial charge in [-0.15, -0.1) is 0 Å². The Morgan fingerprint density at radius 2 is 1.78 bits per heavy atom. The van der Waals surface area contributed by atoms with Crippen LogP contribution in [0, 0.1) is 17.0 Å². The smallest absolute Gasteiger partial charge is 0.219 e. The van der Waals surface area contributed by atoms with Crippen LogP contribution in [0.25, 0.3) is 0 Å². The highest BCUT2D eigenvalue weighted by atomic mass is 19.1. The first-order chi connectivity index (χ1) is 13.0. The molecule has 0 spiro atoms. The summed E-state index contributed by atoms with van der Waals surface area (Å²) in [7, 11) is 0. The van der Waals surface area contributed by atoms with Crippen molar-refractivity contribution >= 4 is 18.0 Å². The van der Waals surface area contributed by atoms with Crippen molar-refractivity contribution in [2.45, 2.75) is 6.54 Å². The number of piperazine rings is 1. The molecular weight excluding hydrogens is 352 g/mol. The summed E-state index contributed by atoms with van der Waals surface area (Å²) in [5.41, 5.74) is 1.55. The van der Waals surface area contributed by atoms with Crippen LogP contribution in [-0.4, -0.2) is 53.6 Å². The van der Waals surface area contributed by atoms with Gasteiger partial charge in [-0.25, -0.2) is 18.8 Å². The van der Waals surface area contributed by atoms with Gasteiger partial charge in [-0.3, -0.25) is 10.6 Å². The van der Waals surface area contributed by atoms with Gasteiger partial charge in [0.15, 0.2) is 0 Å². The summed E-state index contributed by atoms with van der Waals surface area (Å²) in [6.07, 6.45) is 1.15. The Bertz CT molecular complexity index is 804. The topological polar surface area (TPSA) is 66.2 Å². The third-order valence-electron chi connectivity index (χ3n) is 4.32. The highest BCUT2D eigenvalue weighted by molar-refractivity contribution is 5.84. The van der Waals surface area contributed by atoms with Gasteiger partial charge in [0.2, 0.25) is 5.96 Å². The summed E-state index contributed by atoms with van der Waals surface area (Å²) in [5, 5.41) is 18.7. The number of nitrogens with one attached hydrogen (secondary N) is 1. The van der Waals surface area contributed by atoms with Crippen LogP contribution in [0.2, 0.25) is 0 Å². The van der Waals surface area contributed by atoms with Gasteiger partial charge in [0, 0.05) is 31.9 Å². The standard InChI is InChI=1S/C19H21F2N5O/c20-16-4-6-18(7-5-16)24-8-10-25(11-9-24)19(22)23-14-26(27)13-15-2-1-3-17(21)12-15/h1-7,12,14,22,27H,8-11,13H2. The molecule has 0 aliphatic carbocycles. The van der Waals surface area contributed by atoms with Gasteiger partial charge >= 0.3 is 0 Å². The Morgan fingerprint density at radius 1 is 1.07 bits per heavy atom. The van der Waals surface area contributed by atoms with E-state index >= 15 is 0 Å². The summed E-state index contributed by atoms with van der Waals surface area (Å²) in [5.74, 6) is -0.586. The van der Waals surface area contributed by atoms with E-state index in [0.29, 0.717) is 31.7 Å². The Hall–Kier alpha value is -3.00. The summed E-state index contributed by atoms with van der Waals surface area (Å²) >= 11 is 0. The van der Waals surface area contributed by atoms with Crippen LogP contribution in [0.4, 0.5) is 14.5 Å². The second-order valence-electron chi connectivity index (χ2n) is 6.25. The number of guanidine groups is 1. The molecule has 1 aliphatic heterocycles. The molecule has 0 atom stereocenters. The monoisotopic (exact) mass is 373 g/mol. The highest BCUT2D eigenvalue weighted by Gasteiger charge is 2.19. The fourth-order valence-electron chi connectivity index (χ4n) is 2.89. The van der Waals surface area contributed by atoms with Gasteiger partial charge in [0.25, 0.3) is 0 Å². The lowest BCUT2D eigenvalue weighted by Crippen LogP contribution is -2.48. The molecule has 0 bridgehead atoms. The van der Waals surface area contributed by atoms with E-state index in [0.717, 1.165) is 17.1 Å². The lowest BCUT2D eigenvalue weighted by Gasteiger charge is -2.36. The molecule has 1 aliphatic rings. The third-order valence-corrected chi connectivity index (χ3v) is 4.32. The van der Waals surface area contributed by atoms with Crippen LogP contribution < -0.4 is 4.90 Å². The van der Waals surface area contributed by atoms with E-state index in [9.17, 15) is 14.0 Å². The van der Waals surface area contributed by atoms with Crippen molar-refractivity contribution in [3.8, 4) is 0 Å². The van der Waals surface area contributed by atoms with E-state index in [4.69, 9.17) is 5.41 Å². The fraction of sp³-hybridized carbons (Fsp3) is 0.263. The molecule has 27 heavy (non-hydrogen) atoms. The average molecular weight is 373 g/mol. The molecule has 0 radical (unpaired) electrons. The zero-order valence-electron chi connectivity index (χ0n) is 14.7. The molecule has 0 aromatic heterocycles. The second-order valence-corrected chi connectivity index (χ2v) is 6.25. The number of rotatable bonds is 4. The van der Waals surface area contributed by atoms with Crippen molar-refractivity contribution in [2.75, 3.05) is 31.1 Å². The number of hydrogen-bond donors (Lipinski definition) is 2. The number of hydrogen-bond acceptors (Lipinski definition) is 3. The third kappa shape index (κ3) is 5.24. The van der Waals surface area contributed by atoms with E-state index in [1.54, 1.807) is 29.2 Å². The first kappa shape index (κ1) is 18.8. The fourth-order valence-corrected chi connectivity index (χ4v) is 2.89. The van der Waals surface area contributed by atoms with Crippen LogP contribution in [0.15, 0.2) is 53.5 Å². The molecule has 1 saturated heterocycles. The number of anilines is 1. The van der Waals surface area contributed by atoms with Crippen molar-refractivity contribution < 1.29 is 14.0 Å². The van der Waals surface area contributed by atoms with Crippen molar-refractivity contribution in [2.24, 2.45) is 4.99 Å². The predicted octanol–water partition coefficient (Wildman–Crippen LogP) is 2.94. The average Bonchev–Trinajstić information content (AvgIpc) is 2.67. The molecule has 8 heteroatoms. The summed E-state index contributed by atoms with van der Waals surface area (Å²) < 4.78 is 26.2. The number of benzene rings is 2. The van der Waals surface area contributed by atoms with Crippen LogP contribution in [-0.2, 0) is 6.54 Å². The van der Waals surface area contributed by atoms with Gasteiger partial charge < -0.3 is 9.80 Å². The lowest BCUT2D eigenvalue weighted by atomic mass is 10.2. The van der Waals surface area contributed by atoms with Crippen LogP contribution in [0.3, 0.4) is 0 Å². The molecule has 2 aromatic carbocycles. The SMILES string of the molecule is N=C(N=CN(O)Cc1cccc(F)c1)N1CCN(c2ccc(F)cc2)CC1. The molecule has 0 amide bonds. The van der Waals surface area contributed by atoms with Gasteiger partial charge in [0.05, 0.1) is 6.54 Å². The van der Waals surface area contributed by atoms with Crippen molar-refractivity contribution in [3.05, 3.63) is 65.7 Å². The maximum absolute atomic E-state index is 13.2. The van der Waals surface area contributed by atoms with Gasteiger partial charge in [0.1, 0.15) is 18.0 Å². The minimum absolute atomic E-state index is 0.0482. The molecule has 0 saturated carbocycles. The van der Waals surface area contributed by atoms with E-state index < -0.39 is 0 Å². The highest BCUT2D eigenvalue weighted by Crippen LogP contribution is 2.17. The van der Waals surface area contributed by atoms with Gasteiger partial charge in [-0.2, -0.15) is 0 Å². The molecule has 3 rings (SSSR count). The molecule has 2 aromatic rings. The quantitative estimate of drug-likeness (QED) is 0.491. The largest absolute Gasteiger partial charge is 0.368 e. The molecule has 1 heterocycles. The zero-order chi connectivity index (χ0) is 19.2. The molecule has 2 N–H and O–H groups in total. The predicted molar refractivity (Wildman–Crippen MR) is 100 cm³/mol. The lowest BCUT2D eigenvalue weighted by molar-refractivity contribution is -0.0165. The number of aliphatic imine (C=N–C) groups is 1. The van der Waals surface area contributed by atoms with E-state index in [1.807, 2.05) is 0 Å². The Morgan fingerprint density at radius 3 is 2.44 bits per heavy atom. The first-order valence-corrected chi connectivity index (χ1v) is 8.59. The van der Waals surface area contributed by atoms with Gasteiger partial charge in [-0.05, 0) is 42.0 Å². The van der Waals surface area contributed by atoms with E-state index in [1.165, 1.54) is 24.3 Å². The van der Waals surface area contributed by atoms with Crippen LogP contribution in [0.5, 0.6) is 0 Å². The van der Waals surface area contributed by atoms with Crippen molar-refractivity contribution in [1.82, 2.24) is 9.96 Å². The Labute approximate surface area is 156 Å². The number of hydroxylamine groups is 2. The number of nitrogens with zero attached hydrogens (tertiary/aromatic N) is 4. The normalized spacial score (nSPS) is 14.6. The van der Waals surface area contributed by atoms with Gasteiger partial charge in [-0.1, -0.05) is 12.1 Å². The second kappa shape index (κ2) is 8.59. The summed E-state index contributed by atoms with van der Waals surface area (Å²) in [4.78, 5) is 7.89.